The minimum absolute atomic E-state index is 0. The zero-order chi connectivity index (χ0) is 28.7. The fourth-order valence-corrected chi connectivity index (χ4v) is 5.93. The Hall–Kier alpha value is -2.80. The standard InChI is InChI=1S/C18H22N2.C13H11Br.C5H12N2.CH4/c1-15-14-20(13-12-19-15)18(16-8-4-2-5-9-16)17-10-6-3-7-11-17;14-13(11-7-3-1-4-8-11)12-9-5-2-6-10-12;1-5-4-6-2-3-7-5;/h2-11,15,18-19H,12-14H2,1H3;1-10,13H;5-7H,2-4H2,1H3;1H4/t15-;;5-;/m1.1./s1. The van der Waals surface area contributed by atoms with Gasteiger partial charge in [-0.05, 0) is 36.1 Å². The minimum Gasteiger partial charge on any atom is -0.314 e. The summed E-state index contributed by atoms with van der Waals surface area (Å²) >= 11 is 3.69. The highest BCUT2D eigenvalue weighted by atomic mass is 79.9. The largest absolute Gasteiger partial charge is 0.314 e. The lowest BCUT2D eigenvalue weighted by molar-refractivity contribution is 0.170. The van der Waals surface area contributed by atoms with Gasteiger partial charge in [0, 0.05) is 51.4 Å². The summed E-state index contributed by atoms with van der Waals surface area (Å²) in [4.78, 5) is 2.89. The number of hydrogen-bond donors (Lipinski definition) is 3. The van der Waals surface area contributed by atoms with Gasteiger partial charge in [-0.1, -0.05) is 145 Å². The van der Waals surface area contributed by atoms with Crippen LogP contribution in [0, 0.1) is 0 Å². The number of piperazine rings is 2. The first-order chi connectivity index (χ1) is 20.1. The average molecular weight is 630 g/mol. The topological polar surface area (TPSA) is 39.3 Å². The van der Waals surface area contributed by atoms with Crippen molar-refractivity contribution >= 4 is 15.9 Å². The van der Waals surface area contributed by atoms with Gasteiger partial charge in [-0.25, -0.2) is 0 Å². The molecule has 0 bridgehead atoms. The molecule has 224 valence electrons. The molecule has 2 saturated heterocycles. The van der Waals surface area contributed by atoms with E-state index in [9.17, 15) is 0 Å². The van der Waals surface area contributed by atoms with Gasteiger partial charge >= 0.3 is 0 Å². The number of benzene rings is 4. The molecule has 0 unspecified atom stereocenters. The maximum absolute atomic E-state index is 3.69. The van der Waals surface area contributed by atoms with Crippen LogP contribution in [-0.2, 0) is 0 Å². The molecule has 3 N–H and O–H groups in total. The van der Waals surface area contributed by atoms with Crippen LogP contribution >= 0.6 is 15.9 Å². The Morgan fingerprint density at radius 2 is 1.02 bits per heavy atom. The van der Waals surface area contributed by atoms with Crippen LogP contribution in [-0.4, -0.2) is 56.3 Å². The number of hydrogen-bond acceptors (Lipinski definition) is 4. The highest BCUT2D eigenvalue weighted by Crippen LogP contribution is 2.30. The Kier molecular flexibility index (Phi) is 15.0. The first-order valence-electron chi connectivity index (χ1n) is 14.9. The number of nitrogens with one attached hydrogen (secondary N) is 3. The van der Waals surface area contributed by atoms with Gasteiger partial charge in [0.2, 0.25) is 0 Å². The average Bonchev–Trinajstić information content (AvgIpc) is 3.04. The van der Waals surface area contributed by atoms with Crippen molar-refractivity contribution in [3.05, 3.63) is 144 Å². The lowest BCUT2D eigenvalue weighted by Crippen LogP contribution is -2.50. The summed E-state index contributed by atoms with van der Waals surface area (Å²) in [7, 11) is 0. The molecule has 2 aliphatic heterocycles. The molecule has 2 fully saturated rings. The molecular weight excluding hydrogens is 580 g/mol. The van der Waals surface area contributed by atoms with E-state index in [2.05, 4.69) is 160 Å². The van der Waals surface area contributed by atoms with Crippen molar-refractivity contribution in [2.24, 2.45) is 0 Å². The first-order valence-corrected chi connectivity index (χ1v) is 15.8. The van der Waals surface area contributed by atoms with Gasteiger partial charge in [0.15, 0.2) is 0 Å². The fraction of sp³-hybridized carbons (Fsp3) is 0.351. The Labute approximate surface area is 263 Å². The molecule has 0 aliphatic carbocycles. The van der Waals surface area contributed by atoms with E-state index in [1.165, 1.54) is 22.3 Å². The van der Waals surface area contributed by atoms with Gasteiger partial charge in [0.1, 0.15) is 0 Å². The van der Waals surface area contributed by atoms with Gasteiger partial charge < -0.3 is 16.0 Å². The van der Waals surface area contributed by atoms with Crippen molar-refractivity contribution in [2.75, 3.05) is 39.3 Å². The number of nitrogens with zero attached hydrogens (tertiary/aromatic N) is 1. The van der Waals surface area contributed by atoms with Crippen LogP contribution in [0.5, 0.6) is 0 Å². The predicted octanol–water partition coefficient (Wildman–Crippen LogP) is 7.44. The van der Waals surface area contributed by atoms with Crippen molar-refractivity contribution in [3.8, 4) is 0 Å². The van der Waals surface area contributed by atoms with Crippen molar-refractivity contribution in [1.82, 2.24) is 20.9 Å². The SMILES string of the molecule is BrC(c1ccccc1)c1ccccc1.C.C[C@@H]1CN(C(c2ccccc2)c2ccccc2)CCN1.C[C@@H]1CNCCN1. The van der Waals surface area contributed by atoms with Crippen LogP contribution in [0.1, 0.15) is 54.4 Å². The highest BCUT2D eigenvalue weighted by molar-refractivity contribution is 9.09. The summed E-state index contributed by atoms with van der Waals surface area (Å²) in [6.45, 7) is 11.1. The third-order valence-electron chi connectivity index (χ3n) is 7.43. The summed E-state index contributed by atoms with van der Waals surface area (Å²) in [5.41, 5.74) is 5.35. The Balaban J connectivity index is 0.000000191. The molecule has 4 aromatic carbocycles. The second kappa shape index (κ2) is 18.7. The molecule has 4 nitrogen and oxygen atoms in total. The van der Waals surface area contributed by atoms with Crippen LogP contribution in [0.2, 0.25) is 0 Å². The summed E-state index contributed by atoms with van der Waals surface area (Å²) in [6.07, 6.45) is 0. The van der Waals surface area contributed by atoms with E-state index in [1.54, 1.807) is 0 Å². The molecule has 0 amide bonds. The smallest absolute Gasteiger partial charge is 0.0644 e. The zero-order valence-corrected chi connectivity index (χ0v) is 26.0. The lowest BCUT2D eigenvalue weighted by atomic mass is 9.96. The Morgan fingerprint density at radius 3 is 1.38 bits per heavy atom. The van der Waals surface area contributed by atoms with Gasteiger partial charge in [-0.15, -0.1) is 0 Å². The van der Waals surface area contributed by atoms with Crippen LogP contribution in [0.15, 0.2) is 121 Å². The lowest BCUT2D eigenvalue weighted by Gasteiger charge is -2.38. The second-order valence-electron chi connectivity index (χ2n) is 10.8. The van der Waals surface area contributed by atoms with Crippen LogP contribution < -0.4 is 16.0 Å². The zero-order valence-electron chi connectivity index (χ0n) is 24.4. The van der Waals surface area contributed by atoms with Crippen molar-refractivity contribution in [1.29, 1.82) is 0 Å². The monoisotopic (exact) mass is 628 g/mol. The molecule has 2 atom stereocenters. The van der Waals surface area contributed by atoms with E-state index in [1.807, 2.05) is 12.1 Å². The quantitative estimate of drug-likeness (QED) is 0.201. The number of halogens is 1. The van der Waals surface area contributed by atoms with E-state index in [0.717, 1.165) is 39.3 Å². The molecule has 5 heteroatoms. The summed E-state index contributed by atoms with van der Waals surface area (Å²) in [6, 6.07) is 44.1. The van der Waals surface area contributed by atoms with Crippen molar-refractivity contribution in [3.63, 3.8) is 0 Å². The Morgan fingerprint density at radius 1 is 0.595 bits per heavy atom. The molecule has 0 spiro atoms. The van der Waals surface area contributed by atoms with E-state index < -0.39 is 0 Å². The highest BCUT2D eigenvalue weighted by Gasteiger charge is 2.25. The predicted molar refractivity (Wildman–Crippen MR) is 184 cm³/mol. The summed E-state index contributed by atoms with van der Waals surface area (Å²) in [5, 5.41) is 10.1. The van der Waals surface area contributed by atoms with Crippen LogP contribution in [0.3, 0.4) is 0 Å². The third-order valence-corrected chi connectivity index (χ3v) is 8.48. The maximum atomic E-state index is 3.69. The normalized spacial score (nSPS) is 18.6. The molecule has 6 rings (SSSR count). The van der Waals surface area contributed by atoms with E-state index in [0.29, 0.717) is 23.0 Å². The molecule has 2 aliphatic rings. The van der Waals surface area contributed by atoms with Gasteiger partial charge in [0.25, 0.3) is 0 Å². The number of rotatable bonds is 5. The van der Waals surface area contributed by atoms with E-state index in [-0.39, 0.29) is 7.43 Å². The van der Waals surface area contributed by atoms with Gasteiger partial charge in [-0.2, -0.15) is 0 Å². The molecule has 2 heterocycles. The number of alkyl halides is 1. The third kappa shape index (κ3) is 10.8. The summed E-state index contributed by atoms with van der Waals surface area (Å²) in [5.74, 6) is 0. The van der Waals surface area contributed by atoms with Crippen LogP contribution in [0.4, 0.5) is 0 Å². The second-order valence-corrected chi connectivity index (χ2v) is 11.7. The Bertz CT molecular complexity index is 1140. The molecule has 0 saturated carbocycles. The molecule has 4 aromatic rings. The molecule has 0 radical (unpaired) electrons. The van der Waals surface area contributed by atoms with E-state index >= 15 is 0 Å². The van der Waals surface area contributed by atoms with Gasteiger partial charge in [0.05, 0.1) is 10.9 Å². The minimum atomic E-state index is 0. The maximum Gasteiger partial charge on any atom is 0.0644 e. The van der Waals surface area contributed by atoms with Crippen molar-refractivity contribution < 1.29 is 0 Å². The summed E-state index contributed by atoms with van der Waals surface area (Å²) < 4.78 is 0. The van der Waals surface area contributed by atoms with Crippen molar-refractivity contribution in [2.45, 2.75) is 44.2 Å². The fourth-order valence-electron chi connectivity index (χ4n) is 5.32. The van der Waals surface area contributed by atoms with E-state index in [4.69, 9.17) is 0 Å². The molecule has 0 aromatic heterocycles. The molecule has 42 heavy (non-hydrogen) atoms. The van der Waals surface area contributed by atoms with Crippen LogP contribution in [0.25, 0.3) is 0 Å². The van der Waals surface area contributed by atoms with Gasteiger partial charge in [-0.3, -0.25) is 4.90 Å². The molecular formula is C37H49BrN4. The first kappa shape index (κ1) is 33.7.